The van der Waals surface area contributed by atoms with E-state index in [1.807, 2.05) is 0 Å². The first-order valence-corrected chi connectivity index (χ1v) is 15.5. The van der Waals surface area contributed by atoms with Crippen LogP contribution in [0.2, 0.25) is 0 Å². The Kier molecular flexibility index (Phi) is 10.0. The molecule has 0 saturated heterocycles. The average Bonchev–Trinajstić information content (AvgIpc) is 3.35. The molecular formula is C33H46N6O6. The Labute approximate surface area is 264 Å². The van der Waals surface area contributed by atoms with Gasteiger partial charge in [-0.25, -0.2) is 4.79 Å². The van der Waals surface area contributed by atoms with Gasteiger partial charge in [0.2, 0.25) is 11.8 Å². The van der Waals surface area contributed by atoms with Crippen molar-refractivity contribution in [2.24, 2.45) is 23.8 Å². The van der Waals surface area contributed by atoms with Crippen LogP contribution in [0.1, 0.15) is 83.1 Å². The first-order valence-electron chi connectivity index (χ1n) is 15.5. The minimum absolute atomic E-state index is 0.0176. The Morgan fingerprint density at radius 1 is 1.09 bits per heavy atom. The lowest BCUT2D eigenvalue weighted by Crippen LogP contribution is -2.60. The van der Waals surface area contributed by atoms with Crippen LogP contribution >= 0.6 is 0 Å². The van der Waals surface area contributed by atoms with Crippen LogP contribution < -0.4 is 21.5 Å². The van der Waals surface area contributed by atoms with Gasteiger partial charge in [-0.05, 0) is 79.9 Å². The number of ether oxygens (including phenoxy) is 1. The Morgan fingerprint density at radius 3 is 2.40 bits per heavy atom. The zero-order valence-electron chi connectivity index (χ0n) is 27.1. The maximum atomic E-state index is 13.4. The molecule has 2 fully saturated rings. The minimum atomic E-state index is -1.04. The van der Waals surface area contributed by atoms with Crippen LogP contribution in [0.25, 0.3) is 0 Å². The zero-order chi connectivity index (χ0) is 33.0. The molecule has 3 N–H and O–H groups in total. The summed E-state index contributed by atoms with van der Waals surface area (Å²) in [7, 11) is 2.86. The fourth-order valence-corrected chi connectivity index (χ4v) is 7.73. The number of hydrogen-bond donors (Lipinski definition) is 3. The van der Waals surface area contributed by atoms with Gasteiger partial charge in [0, 0.05) is 31.1 Å². The normalized spacial score (nSPS) is 22.3. The molecule has 2 bridgehead atoms. The lowest BCUT2D eigenvalue weighted by molar-refractivity contribution is -0.135. The van der Waals surface area contributed by atoms with Crippen molar-refractivity contribution < 1.29 is 23.9 Å². The van der Waals surface area contributed by atoms with Gasteiger partial charge in [0.1, 0.15) is 24.0 Å². The van der Waals surface area contributed by atoms with Gasteiger partial charge in [0.25, 0.3) is 11.5 Å². The van der Waals surface area contributed by atoms with Crippen LogP contribution in [-0.2, 0) is 32.7 Å². The van der Waals surface area contributed by atoms with Crippen molar-refractivity contribution in [3.8, 4) is 0 Å². The molecule has 12 heteroatoms. The molecule has 2 aromatic rings. The maximum absolute atomic E-state index is 13.4. The van der Waals surface area contributed by atoms with Crippen molar-refractivity contribution in [2.75, 3.05) is 12.4 Å². The van der Waals surface area contributed by atoms with Crippen molar-refractivity contribution >= 4 is 29.4 Å². The first-order chi connectivity index (χ1) is 21.1. The summed E-state index contributed by atoms with van der Waals surface area (Å²) in [5.41, 5.74) is -0.388. The summed E-state index contributed by atoms with van der Waals surface area (Å²) in [5.74, 6) is -1.37. The van der Waals surface area contributed by atoms with Crippen LogP contribution in [0.5, 0.6) is 0 Å². The number of carbonyl (C=O) groups excluding carboxylic acids is 4. The van der Waals surface area contributed by atoms with Crippen molar-refractivity contribution in [3.63, 3.8) is 0 Å². The number of nitrogens with zero attached hydrogens (tertiary/aromatic N) is 3. The number of rotatable bonds is 11. The molecule has 2 heterocycles. The van der Waals surface area contributed by atoms with Gasteiger partial charge in [-0.3, -0.25) is 23.9 Å². The Hall–Kier alpha value is -4.22. The van der Waals surface area contributed by atoms with Crippen LogP contribution in [0, 0.1) is 16.7 Å². The maximum Gasteiger partial charge on any atom is 0.330 e. The summed E-state index contributed by atoms with van der Waals surface area (Å²) in [6.07, 6.45) is 11.2. The SMILES string of the molecule is COC(=O)/C=C/CCC(NC(=O)c1ccnn1C)C(=O)Nc1cccn(CC(=O)NC23CC(CC(C)(C)C2)CC(C)(C)C3)c1=O. The van der Waals surface area contributed by atoms with E-state index in [-0.39, 0.29) is 53.0 Å². The molecule has 0 aliphatic heterocycles. The number of nitrogens with one attached hydrogen (secondary N) is 3. The van der Waals surface area contributed by atoms with Gasteiger partial charge in [-0.15, -0.1) is 0 Å². The summed E-state index contributed by atoms with van der Waals surface area (Å²) in [5, 5.41) is 12.6. The number of pyridine rings is 1. The van der Waals surface area contributed by atoms with Gasteiger partial charge >= 0.3 is 5.97 Å². The highest BCUT2D eigenvalue weighted by Gasteiger charge is 2.51. The third kappa shape index (κ3) is 8.70. The lowest BCUT2D eigenvalue weighted by atomic mass is 9.53. The third-order valence-electron chi connectivity index (χ3n) is 8.74. The molecule has 45 heavy (non-hydrogen) atoms. The predicted molar refractivity (Wildman–Crippen MR) is 169 cm³/mol. The Bertz CT molecular complexity index is 1500. The molecule has 244 valence electrons. The second kappa shape index (κ2) is 13.4. The average molecular weight is 623 g/mol. The first kappa shape index (κ1) is 33.7. The monoisotopic (exact) mass is 622 g/mol. The van der Waals surface area contributed by atoms with Crippen molar-refractivity contribution in [3.05, 3.63) is 58.8 Å². The topological polar surface area (TPSA) is 153 Å². The molecule has 3 amide bonds. The molecule has 2 aromatic heterocycles. The summed E-state index contributed by atoms with van der Waals surface area (Å²) in [6, 6.07) is 3.53. The number of carbonyl (C=O) groups is 4. The molecule has 1 unspecified atom stereocenters. The zero-order valence-corrected chi connectivity index (χ0v) is 27.1. The van der Waals surface area contributed by atoms with E-state index in [0.717, 1.165) is 32.1 Å². The van der Waals surface area contributed by atoms with E-state index in [1.54, 1.807) is 19.2 Å². The van der Waals surface area contributed by atoms with Gasteiger partial charge in [0.15, 0.2) is 0 Å². The molecule has 0 spiro atoms. The molecule has 12 nitrogen and oxygen atoms in total. The predicted octanol–water partition coefficient (Wildman–Crippen LogP) is 3.33. The third-order valence-corrected chi connectivity index (χ3v) is 8.74. The van der Waals surface area contributed by atoms with Crippen LogP contribution in [0.15, 0.2) is 47.5 Å². The van der Waals surface area contributed by atoms with E-state index in [1.165, 1.54) is 47.0 Å². The fourth-order valence-electron chi connectivity index (χ4n) is 7.73. The molecule has 4 rings (SSSR count). The van der Waals surface area contributed by atoms with E-state index in [0.29, 0.717) is 5.92 Å². The van der Waals surface area contributed by atoms with E-state index >= 15 is 0 Å². The van der Waals surface area contributed by atoms with Crippen molar-refractivity contribution in [1.29, 1.82) is 0 Å². The highest BCUT2D eigenvalue weighted by Crippen LogP contribution is 2.55. The summed E-state index contributed by atoms with van der Waals surface area (Å²) < 4.78 is 7.25. The number of fused-ring (bicyclic) bond motifs is 2. The number of allylic oxidation sites excluding steroid dienone is 1. The second-order valence-electron chi connectivity index (χ2n) is 14.2. The van der Waals surface area contributed by atoms with Crippen molar-refractivity contribution in [1.82, 2.24) is 25.0 Å². The quantitative estimate of drug-likeness (QED) is 0.257. The van der Waals surface area contributed by atoms with Gasteiger partial charge in [-0.1, -0.05) is 33.8 Å². The van der Waals surface area contributed by atoms with E-state index in [4.69, 9.17) is 0 Å². The van der Waals surface area contributed by atoms with Crippen LogP contribution in [0.3, 0.4) is 0 Å². The number of amides is 3. The highest BCUT2D eigenvalue weighted by atomic mass is 16.5. The number of aryl methyl sites for hydroxylation is 1. The molecule has 2 aliphatic rings. The molecule has 2 saturated carbocycles. The molecule has 0 aromatic carbocycles. The number of aromatic nitrogens is 3. The van der Waals surface area contributed by atoms with E-state index in [9.17, 15) is 24.0 Å². The standard InChI is InChI=1S/C33H46N6O6/c1-31(2)16-22-17-32(3,4)21-33(18-22,20-31)37-26(40)19-39-15-9-11-24(30(39)44)36-28(42)23(10-7-8-12-27(41)45-6)35-29(43)25-13-14-34-38(25)5/h8-9,11-15,22-23H,7,10,16-21H2,1-6H3,(H,35,43)(H,36,42)(H,37,40)/b12-8+. The van der Waals surface area contributed by atoms with Crippen LogP contribution in [-0.4, -0.2) is 56.7 Å². The molecular weight excluding hydrogens is 576 g/mol. The number of anilines is 1. The highest BCUT2D eigenvalue weighted by molar-refractivity contribution is 6.00. The summed E-state index contributed by atoms with van der Waals surface area (Å²) in [4.78, 5) is 64.5. The molecule has 1 atom stereocenters. The Balaban J connectivity index is 1.47. The number of hydrogen-bond acceptors (Lipinski definition) is 7. The lowest BCUT2D eigenvalue weighted by Gasteiger charge is -2.56. The van der Waals surface area contributed by atoms with E-state index in [2.05, 4.69) is 53.5 Å². The molecule has 2 aliphatic carbocycles. The molecule has 0 radical (unpaired) electrons. The largest absolute Gasteiger partial charge is 0.466 e. The van der Waals surface area contributed by atoms with Crippen LogP contribution in [0.4, 0.5) is 5.69 Å². The minimum Gasteiger partial charge on any atom is -0.466 e. The smallest absolute Gasteiger partial charge is 0.330 e. The second-order valence-corrected chi connectivity index (χ2v) is 14.2. The van der Waals surface area contributed by atoms with Gasteiger partial charge < -0.3 is 25.3 Å². The Morgan fingerprint density at radius 2 is 1.78 bits per heavy atom. The van der Waals surface area contributed by atoms with Gasteiger partial charge in [0.05, 0.1) is 7.11 Å². The van der Waals surface area contributed by atoms with Crippen molar-refractivity contribution in [2.45, 2.75) is 90.8 Å². The number of methoxy groups -OCH3 is 1. The summed E-state index contributed by atoms with van der Waals surface area (Å²) >= 11 is 0. The number of esters is 1. The summed E-state index contributed by atoms with van der Waals surface area (Å²) in [6.45, 7) is 8.86. The fraction of sp³-hybridized carbons (Fsp3) is 0.576. The van der Waals surface area contributed by atoms with E-state index < -0.39 is 29.4 Å². The van der Waals surface area contributed by atoms with Gasteiger partial charge in [-0.2, -0.15) is 5.10 Å².